The van der Waals surface area contributed by atoms with Gasteiger partial charge >= 0.3 is 0 Å². The number of halogens is 1. The van der Waals surface area contributed by atoms with Crippen molar-refractivity contribution >= 4 is 49.9 Å². The molecular weight excluding hydrogens is 458 g/mol. The molecule has 8 heteroatoms. The summed E-state index contributed by atoms with van der Waals surface area (Å²) >= 11 is 9.27. The van der Waals surface area contributed by atoms with Crippen LogP contribution in [0.25, 0.3) is 0 Å². The fraction of sp³-hybridized carbons (Fsp3) is 0.300. The van der Waals surface area contributed by atoms with Crippen LogP contribution in [0.1, 0.15) is 11.1 Å². The van der Waals surface area contributed by atoms with Crippen LogP contribution in [0, 0.1) is 0 Å². The van der Waals surface area contributed by atoms with Gasteiger partial charge in [0.2, 0.25) is 0 Å². The van der Waals surface area contributed by atoms with Gasteiger partial charge in [-0.05, 0) is 47.6 Å². The van der Waals surface area contributed by atoms with E-state index in [4.69, 9.17) is 21.9 Å². The minimum Gasteiger partial charge on any atom is -0.497 e. The number of hydrogen-bond donors (Lipinski definition) is 1. The smallest absolute Gasteiger partial charge is 0.175 e. The summed E-state index contributed by atoms with van der Waals surface area (Å²) in [6, 6.07) is 16.1. The molecule has 0 radical (unpaired) electrons. The van der Waals surface area contributed by atoms with Gasteiger partial charge in [-0.1, -0.05) is 40.2 Å². The summed E-state index contributed by atoms with van der Waals surface area (Å²) in [6.45, 7) is 1.12. The van der Waals surface area contributed by atoms with Gasteiger partial charge in [0.15, 0.2) is 5.11 Å². The lowest BCUT2D eigenvalue weighted by atomic mass is 9.82. The molecule has 4 rings (SSSR count). The quantitative estimate of drug-likeness (QED) is 0.685. The van der Waals surface area contributed by atoms with E-state index in [1.165, 1.54) is 0 Å². The summed E-state index contributed by atoms with van der Waals surface area (Å²) in [7, 11) is 0.694. The van der Waals surface area contributed by atoms with Gasteiger partial charge in [-0.15, -0.1) is 0 Å². The van der Waals surface area contributed by atoms with Crippen molar-refractivity contribution in [3.05, 3.63) is 64.1 Å². The fourth-order valence-electron chi connectivity index (χ4n) is 3.75. The zero-order valence-corrected chi connectivity index (χ0v) is 18.7. The van der Waals surface area contributed by atoms with Crippen molar-refractivity contribution in [1.82, 2.24) is 10.2 Å². The maximum absolute atomic E-state index is 12.0. The molecule has 1 N–H and O–H groups in total. The summed E-state index contributed by atoms with van der Waals surface area (Å²) in [6.07, 6.45) is 1.72. The third kappa shape index (κ3) is 3.17. The molecule has 5 nitrogen and oxygen atoms in total. The van der Waals surface area contributed by atoms with Crippen LogP contribution in [0.15, 0.2) is 58.0 Å². The number of nitrogens with zero attached hydrogens (tertiary/aromatic N) is 2. The first-order chi connectivity index (χ1) is 13.5. The minimum absolute atomic E-state index is 0.0299. The average Bonchev–Trinajstić information content (AvgIpc) is 3.01. The van der Waals surface area contributed by atoms with Gasteiger partial charge < -0.3 is 15.0 Å². The number of methoxy groups -OCH3 is 1. The Morgan fingerprint density at radius 1 is 1.29 bits per heavy atom. The monoisotopic (exact) mass is 477 g/mol. The number of fused-ring (bicyclic) bond motifs is 1. The van der Waals surface area contributed by atoms with Crippen molar-refractivity contribution in [2.75, 3.05) is 26.5 Å². The Kier molecular flexibility index (Phi) is 5.28. The molecule has 146 valence electrons. The Morgan fingerprint density at radius 2 is 2.04 bits per heavy atom. The van der Waals surface area contributed by atoms with Crippen LogP contribution in [0.3, 0.4) is 0 Å². The Labute approximate surface area is 180 Å². The number of amidine groups is 1. The van der Waals surface area contributed by atoms with Crippen LogP contribution in [0.4, 0.5) is 0 Å². The number of thiocarbonyl (C=S) groups is 1. The number of ether oxygens (including phenoxy) is 1. The van der Waals surface area contributed by atoms with Gasteiger partial charge in [0.25, 0.3) is 0 Å². The van der Waals surface area contributed by atoms with E-state index in [1.807, 2.05) is 41.3 Å². The molecule has 3 unspecified atom stereocenters. The van der Waals surface area contributed by atoms with Crippen LogP contribution in [-0.2, 0) is 16.3 Å². The predicted molar refractivity (Wildman–Crippen MR) is 121 cm³/mol. The molecule has 2 aromatic rings. The molecular formula is C20H20BrN3O2S2. The Bertz CT molecular complexity index is 980. The Morgan fingerprint density at radius 3 is 2.68 bits per heavy atom. The molecule has 0 saturated carbocycles. The standard InChI is InChI=1S/C20H20BrN3O2S2/c1-26-16-8-6-13(7-9-16)20(14-4-3-5-15(21)10-14)18-22-11-17(28(2)25)12-24(18)19(27)23-20/h3-10,17H,11-12H2,1-2H3,(H,23,27). The highest BCUT2D eigenvalue weighted by Gasteiger charge is 2.51. The van der Waals surface area contributed by atoms with E-state index in [2.05, 4.69) is 33.4 Å². The molecule has 1 fully saturated rings. The van der Waals surface area contributed by atoms with E-state index in [0.29, 0.717) is 18.2 Å². The van der Waals surface area contributed by atoms with E-state index in [9.17, 15) is 4.21 Å². The van der Waals surface area contributed by atoms with E-state index >= 15 is 0 Å². The number of aliphatic imine (C=N–C) groups is 1. The lowest BCUT2D eigenvalue weighted by Crippen LogP contribution is -2.49. The highest BCUT2D eigenvalue weighted by molar-refractivity contribution is 9.10. The number of benzene rings is 2. The van der Waals surface area contributed by atoms with Gasteiger partial charge in [-0.25, -0.2) is 0 Å². The van der Waals surface area contributed by atoms with Gasteiger partial charge in [-0.2, -0.15) is 0 Å². The molecule has 2 heterocycles. The second-order valence-electron chi connectivity index (χ2n) is 6.81. The maximum atomic E-state index is 12.0. The summed E-state index contributed by atoms with van der Waals surface area (Å²) in [5.74, 6) is 1.64. The van der Waals surface area contributed by atoms with Gasteiger partial charge in [0, 0.05) is 28.1 Å². The zero-order valence-electron chi connectivity index (χ0n) is 15.5. The molecule has 0 aromatic heterocycles. The third-order valence-electron chi connectivity index (χ3n) is 5.21. The van der Waals surface area contributed by atoms with E-state index in [0.717, 1.165) is 27.2 Å². The third-order valence-corrected chi connectivity index (χ3v) is 7.26. The second kappa shape index (κ2) is 7.57. The van der Waals surface area contributed by atoms with Gasteiger partial charge in [0.1, 0.15) is 17.1 Å². The molecule has 0 amide bonds. The molecule has 2 aliphatic heterocycles. The molecule has 28 heavy (non-hydrogen) atoms. The van der Waals surface area contributed by atoms with Crippen molar-refractivity contribution in [2.24, 2.45) is 4.99 Å². The van der Waals surface area contributed by atoms with Gasteiger partial charge in [0.05, 0.1) is 18.9 Å². The fourth-order valence-corrected chi connectivity index (χ4v) is 5.10. The van der Waals surface area contributed by atoms with Crippen LogP contribution < -0.4 is 10.1 Å². The first-order valence-electron chi connectivity index (χ1n) is 8.83. The highest BCUT2D eigenvalue weighted by atomic mass is 79.9. The normalized spacial score (nSPS) is 25.0. The lowest BCUT2D eigenvalue weighted by molar-refractivity contribution is 0.414. The van der Waals surface area contributed by atoms with Crippen LogP contribution in [0.2, 0.25) is 0 Å². The number of hydrogen-bond acceptors (Lipinski definition) is 4. The molecule has 0 aliphatic carbocycles. The SMILES string of the molecule is COc1ccc(C2(c3cccc(Br)c3)NC(=S)N3CC(S(C)=O)CN=C32)cc1. The first-order valence-corrected chi connectivity index (χ1v) is 11.7. The van der Waals surface area contributed by atoms with Gasteiger partial charge in [-0.3, -0.25) is 9.20 Å². The largest absolute Gasteiger partial charge is 0.497 e. The zero-order chi connectivity index (χ0) is 19.9. The highest BCUT2D eigenvalue weighted by Crippen LogP contribution is 2.39. The van der Waals surface area contributed by atoms with Crippen molar-refractivity contribution in [3.63, 3.8) is 0 Å². The molecule has 3 atom stereocenters. The maximum Gasteiger partial charge on any atom is 0.175 e. The average molecular weight is 478 g/mol. The first kappa shape index (κ1) is 19.5. The van der Waals surface area contributed by atoms with E-state index < -0.39 is 16.3 Å². The number of nitrogens with one attached hydrogen (secondary N) is 1. The summed E-state index contributed by atoms with van der Waals surface area (Å²) in [5, 5.41) is 4.10. The van der Waals surface area contributed by atoms with E-state index in [-0.39, 0.29) is 5.25 Å². The molecule has 0 bridgehead atoms. The van der Waals surface area contributed by atoms with E-state index in [1.54, 1.807) is 13.4 Å². The molecule has 1 saturated heterocycles. The second-order valence-corrected chi connectivity index (χ2v) is 9.78. The summed E-state index contributed by atoms with van der Waals surface area (Å²) < 4.78 is 18.4. The minimum atomic E-state index is -0.958. The van der Waals surface area contributed by atoms with Crippen LogP contribution >= 0.6 is 28.1 Å². The Balaban J connectivity index is 1.91. The van der Waals surface area contributed by atoms with Crippen molar-refractivity contribution in [2.45, 2.75) is 10.8 Å². The van der Waals surface area contributed by atoms with Crippen LogP contribution in [0.5, 0.6) is 5.75 Å². The summed E-state index contributed by atoms with van der Waals surface area (Å²) in [4.78, 5) is 6.87. The summed E-state index contributed by atoms with van der Waals surface area (Å²) in [5.41, 5.74) is 1.35. The molecule has 0 spiro atoms. The topological polar surface area (TPSA) is 53.9 Å². The molecule has 2 aliphatic rings. The van der Waals surface area contributed by atoms with Crippen LogP contribution in [-0.4, -0.2) is 51.8 Å². The predicted octanol–water partition coefficient (Wildman–Crippen LogP) is 3.05. The lowest BCUT2D eigenvalue weighted by Gasteiger charge is -2.34. The number of rotatable bonds is 4. The Hall–Kier alpha value is -1.77. The molecule has 2 aromatic carbocycles. The van der Waals surface area contributed by atoms with Crippen molar-refractivity contribution < 1.29 is 8.95 Å². The van der Waals surface area contributed by atoms with Crippen molar-refractivity contribution in [3.8, 4) is 5.75 Å². The van der Waals surface area contributed by atoms with Crippen molar-refractivity contribution in [1.29, 1.82) is 0 Å².